The Morgan fingerprint density at radius 1 is 1.04 bits per heavy atom. The molecule has 1 unspecified atom stereocenters. The number of fused-ring (bicyclic) bond motifs is 2. The molecular formula is C18H14ClN3O2. The molecule has 1 amide bonds. The number of hydrogen-bond donors (Lipinski definition) is 3. The molecule has 6 heteroatoms. The number of nitrogens with one attached hydrogen (secondary N) is 3. The Morgan fingerprint density at radius 3 is 2.75 bits per heavy atom. The molecule has 0 saturated carbocycles. The summed E-state index contributed by atoms with van der Waals surface area (Å²) in [5, 5.41) is 7.61. The topological polar surface area (TPSA) is 74.0 Å². The van der Waals surface area contributed by atoms with E-state index in [9.17, 15) is 9.59 Å². The van der Waals surface area contributed by atoms with Crippen LogP contribution in [0.15, 0.2) is 53.3 Å². The fourth-order valence-electron chi connectivity index (χ4n) is 2.97. The lowest BCUT2D eigenvalue weighted by Gasteiger charge is -2.17. The predicted octanol–water partition coefficient (Wildman–Crippen LogP) is 3.08. The van der Waals surface area contributed by atoms with Crippen LogP contribution in [0, 0.1) is 0 Å². The van der Waals surface area contributed by atoms with Crippen molar-refractivity contribution in [3.05, 3.63) is 75.0 Å². The van der Waals surface area contributed by atoms with E-state index in [1.807, 2.05) is 30.3 Å². The zero-order valence-electron chi connectivity index (χ0n) is 12.6. The Bertz CT molecular complexity index is 1010. The quantitative estimate of drug-likeness (QED) is 0.638. The summed E-state index contributed by atoms with van der Waals surface area (Å²) in [4.78, 5) is 27.5. The second-order valence-electron chi connectivity index (χ2n) is 5.74. The van der Waals surface area contributed by atoms with Crippen molar-refractivity contribution in [2.24, 2.45) is 0 Å². The van der Waals surface area contributed by atoms with Gasteiger partial charge in [-0.05, 0) is 35.7 Å². The largest absolute Gasteiger partial charge is 0.376 e. The number of aromatic nitrogens is 1. The van der Waals surface area contributed by atoms with Crippen molar-refractivity contribution in [3.8, 4) is 0 Å². The molecule has 0 saturated heterocycles. The second kappa shape index (κ2) is 5.69. The standard InChI is InChI=1S/C18H14ClN3O2/c19-11-6-5-10-7-13(18(24)22-15(10)8-11)16-9-20-17(23)12-3-1-2-4-14(12)21-16/h1-8,16,21H,9H2,(H,20,23)(H,22,24). The van der Waals surface area contributed by atoms with Crippen LogP contribution in [0.1, 0.15) is 22.0 Å². The Kier molecular flexibility index (Phi) is 3.50. The van der Waals surface area contributed by atoms with Crippen molar-refractivity contribution in [1.82, 2.24) is 10.3 Å². The van der Waals surface area contributed by atoms with Crippen molar-refractivity contribution < 1.29 is 4.79 Å². The van der Waals surface area contributed by atoms with Crippen molar-refractivity contribution >= 4 is 34.1 Å². The average molecular weight is 340 g/mol. The monoisotopic (exact) mass is 339 g/mol. The van der Waals surface area contributed by atoms with Crippen LogP contribution < -0.4 is 16.2 Å². The fourth-order valence-corrected chi connectivity index (χ4v) is 3.14. The number of aromatic amines is 1. The highest BCUT2D eigenvalue weighted by atomic mass is 35.5. The van der Waals surface area contributed by atoms with Gasteiger partial charge in [0.2, 0.25) is 0 Å². The van der Waals surface area contributed by atoms with E-state index < -0.39 is 0 Å². The summed E-state index contributed by atoms with van der Waals surface area (Å²) >= 11 is 5.97. The molecule has 0 aliphatic carbocycles. The number of benzene rings is 2. The molecule has 1 atom stereocenters. The van der Waals surface area contributed by atoms with Gasteiger partial charge >= 0.3 is 0 Å². The van der Waals surface area contributed by atoms with Gasteiger partial charge in [-0.1, -0.05) is 29.8 Å². The molecule has 120 valence electrons. The summed E-state index contributed by atoms with van der Waals surface area (Å²) in [7, 11) is 0. The molecule has 0 radical (unpaired) electrons. The maximum atomic E-state index is 12.5. The predicted molar refractivity (Wildman–Crippen MR) is 94.7 cm³/mol. The Morgan fingerprint density at radius 2 is 1.88 bits per heavy atom. The van der Waals surface area contributed by atoms with E-state index in [1.165, 1.54) is 0 Å². The summed E-state index contributed by atoms with van der Waals surface area (Å²) in [6.07, 6.45) is 0. The van der Waals surface area contributed by atoms with Gasteiger partial charge in [0.1, 0.15) is 0 Å². The van der Waals surface area contributed by atoms with E-state index in [2.05, 4.69) is 15.6 Å². The third kappa shape index (κ3) is 2.53. The minimum atomic E-state index is -0.318. The van der Waals surface area contributed by atoms with Crippen LogP contribution in [0.2, 0.25) is 5.02 Å². The van der Waals surface area contributed by atoms with E-state index in [-0.39, 0.29) is 17.5 Å². The van der Waals surface area contributed by atoms with Gasteiger partial charge in [0, 0.05) is 28.3 Å². The molecule has 2 aromatic carbocycles. The normalized spacial score (nSPS) is 16.9. The van der Waals surface area contributed by atoms with E-state index >= 15 is 0 Å². The number of halogens is 1. The van der Waals surface area contributed by atoms with Gasteiger partial charge in [-0.15, -0.1) is 0 Å². The number of para-hydroxylation sites is 1. The van der Waals surface area contributed by atoms with Crippen molar-refractivity contribution in [2.75, 3.05) is 11.9 Å². The molecule has 1 aromatic heterocycles. The lowest BCUT2D eigenvalue weighted by atomic mass is 10.1. The number of anilines is 1. The molecule has 5 nitrogen and oxygen atoms in total. The first-order valence-corrected chi connectivity index (χ1v) is 7.96. The SMILES string of the molecule is O=C1NCC(c2cc3ccc(Cl)cc3[nH]c2=O)Nc2ccccc21. The van der Waals surface area contributed by atoms with Gasteiger partial charge < -0.3 is 15.6 Å². The van der Waals surface area contributed by atoms with Crippen LogP contribution >= 0.6 is 11.6 Å². The number of amides is 1. The molecule has 4 rings (SSSR count). The smallest absolute Gasteiger partial charge is 0.253 e. The molecule has 0 spiro atoms. The van der Waals surface area contributed by atoms with Gasteiger partial charge in [0.15, 0.2) is 0 Å². The van der Waals surface area contributed by atoms with E-state index in [4.69, 9.17) is 11.6 Å². The highest BCUT2D eigenvalue weighted by molar-refractivity contribution is 6.31. The molecule has 3 aromatic rings. The average Bonchev–Trinajstić information content (AvgIpc) is 2.74. The molecule has 24 heavy (non-hydrogen) atoms. The van der Waals surface area contributed by atoms with Crippen molar-refractivity contribution in [2.45, 2.75) is 6.04 Å². The first-order valence-electron chi connectivity index (χ1n) is 7.58. The molecule has 1 aliphatic rings. The molecule has 0 fully saturated rings. The second-order valence-corrected chi connectivity index (χ2v) is 6.17. The zero-order valence-corrected chi connectivity index (χ0v) is 13.4. The molecule has 3 N–H and O–H groups in total. The first kappa shape index (κ1) is 14.8. The number of pyridine rings is 1. The van der Waals surface area contributed by atoms with Crippen LogP contribution in [0.5, 0.6) is 0 Å². The van der Waals surface area contributed by atoms with Crippen LogP contribution in [0.4, 0.5) is 5.69 Å². The molecular weight excluding hydrogens is 326 g/mol. The third-order valence-corrected chi connectivity index (χ3v) is 4.42. The third-order valence-electron chi connectivity index (χ3n) is 4.18. The minimum Gasteiger partial charge on any atom is -0.376 e. The highest BCUT2D eigenvalue weighted by Crippen LogP contribution is 2.25. The van der Waals surface area contributed by atoms with Gasteiger partial charge in [0.05, 0.1) is 11.6 Å². The minimum absolute atomic E-state index is 0.149. The van der Waals surface area contributed by atoms with Crippen molar-refractivity contribution in [3.63, 3.8) is 0 Å². The summed E-state index contributed by atoms with van der Waals surface area (Å²) in [6, 6.07) is 14.1. The van der Waals surface area contributed by atoms with E-state index in [0.29, 0.717) is 33.9 Å². The van der Waals surface area contributed by atoms with Gasteiger partial charge in [-0.25, -0.2) is 0 Å². The number of H-pyrrole nitrogens is 1. The van der Waals surface area contributed by atoms with E-state index in [0.717, 1.165) is 5.39 Å². The molecule has 0 bridgehead atoms. The Hall–Kier alpha value is -2.79. The first-order chi connectivity index (χ1) is 11.6. The summed E-state index contributed by atoms with van der Waals surface area (Å²) in [5.74, 6) is -0.149. The fraction of sp³-hybridized carbons (Fsp3) is 0.111. The Balaban J connectivity index is 1.80. The van der Waals surface area contributed by atoms with Crippen LogP contribution in [-0.4, -0.2) is 17.4 Å². The van der Waals surface area contributed by atoms with Crippen molar-refractivity contribution in [1.29, 1.82) is 0 Å². The van der Waals surface area contributed by atoms with E-state index in [1.54, 1.807) is 18.2 Å². The number of carbonyl (C=O) groups excluding carboxylic acids is 1. The van der Waals surface area contributed by atoms with Gasteiger partial charge in [-0.2, -0.15) is 0 Å². The molecule has 2 heterocycles. The maximum Gasteiger partial charge on any atom is 0.253 e. The van der Waals surface area contributed by atoms with Gasteiger partial charge in [-0.3, -0.25) is 9.59 Å². The summed E-state index contributed by atoms with van der Waals surface area (Å²) < 4.78 is 0. The van der Waals surface area contributed by atoms with Crippen LogP contribution in [0.3, 0.4) is 0 Å². The highest BCUT2D eigenvalue weighted by Gasteiger charge is 2.23. The molecule has 1 aliphatic heterocycles. The number of hydrogen-bond acceptors (Lipinski definition) is 3. The number of carbonyl (C=O) groups is 1. The van der Waals surface area contributed by atoms with Gasteiger partial charge in [0.25, 0.3) is 11.5 Å². The number of rotatable bonds is 1. The lowest BCUT2D eigenvalue weighted by molar-refractivity contribution is 0.0955. The summed E-state index contributed by atoms with van der Waals surface area (Å²) in [6.45, 7) is 0.329. The van der Waals surface area contributed by atoms with Crippen LogP contribution in [0.25, 0.3) is 10.9 Å². The zero-order chi connectivity index (χ0) is 16.7. The lowest BCUT2D eigenvalue weighted by Crippen LogP contribution is -2.30. The Labute approximate surface area is 142 Å². The summed E-state index contributed by atoms with van der Waals surface area (Å²) in [5.41, 5.74) is 2.35. The maximum absolute atomic E-state index is 12.5. The van der Waals surface area contributed by atoms with Crippen LogP contribution in [-0.2, 0) is 0 Å².